The van der Waals surface area contributed by atoms with E-state index in [9.17, 15) is 14.0 Å². The Hall–Kier alpha value is -3.67. The van der Waals surface area contributed by atoms with Crippen molar-refractivity contribution >= 4 is 23.3 Å². The lowest BCUT2D eigenvalue weighted by atomic mass is 10.1. The number of hydrogen-bond acceptors (Lipinski definition) is 2. The van der Waals surface area contributed by atoms with Gasteiger partial charge in [-0.05, 0) is 66.9 Å². The average molecular weight is 403 g/mol. The lowest BCUT2D eigenvalue weighted by Gasteiger charge is -2.23. The van der Waals surface area contributed by atoms with Crippen LogP contribution in [-0.2, 0) is 13.0 Å². The predicted molar refractivity (Wildman–Crippen MR) is 115 cm³/mol. The topological polar surface area (TPSA) is 61.4 Å². The normalized spacial score (nSPS) is 14.9. The van der Waals surface area contributed by atoms with E-state index in [4.69, 9.17) is 0 Å². The molecule has 3 amide bonds. The third-order valence-electron chi connectivity index (χ3n) is 5.16. The Kier molecular flexibility index (Phi) is 5.48. The van der Waals surface area contributed by atoms with Crippen LogP contribution in [0.2, 0.25) is 0 Å². The smallest absolute Gasteiger partial charge is 0.319 e. The Morgan fingerprint density at radius 3 is 2.50 bits per heavy atom. The number of nitrogens with one attached hydrogen (secondary N) is 2. The first-order valence-electron chi connectivity index (χ1n) is 9.82. The summed E-state index contributed by atoms with van der Waals surface area (Å²) >= 11 is 0. The van der Waals surface area contributed by atoms with Gasteiger partial charge in [-0.25, -0.2) is 9.18 Å². The summed E-state index contributed by atoms with van der Waals surface area (Å²) in [6.45, 7) is 2.34. The second kappa shape index (κ2) is 8.37. The average Bonchev–Trinajstić information content (AvgIpc) is 3.09. The molecule has 30 heavy (non-hydrogen) atoms. The quantitative estimate of drug-likeness (QED) is 0.661. The SMILES string of the molecule is C[C@@H]1Cc2ccc(CNC(=O)Nc3ccc(F)cc3)cc2N1C(=O)c1ccccc1. The minimum absolute atomic E-state index is 0.0268. The molecule has 1 heterocycles. The Balaban J connectivity index is 1.45. The number of hydrogen-bond donors (Lipinski definition) is 2. The van der Waals surface area contributed by atoms with Gasteiger partial charge in [0.15, 0.2) is 0 Å². The molecule has 152 valence electrons. The van der Waals surface area contributed by atoms with Crippen molar-refractivity contribution in [1.82, 2.24) is 5.32 Å². The maximum absolute atomic E-state index is 13.0. The Morgan fingerprint density at radius 2 is 1.77 bits per heavy atom. The fraction of sp³-hybridized carbons (Fsp3) is 0.167. The van der Waals surface area contributed by atoms with Crippen LogP contribution in [0.25, 0.3) is 0 Å². The van der Waals surface area contributed by atoms with Gasteiger partial charge in [-0.15, -0.1) is 0 Å². The standard InChI is InChI=1S/C24H22FN3O2/c1-16-13-19-8-7-17(15-26-24(30)27-21-11-9-20(25)10-12-21)14-22(19)28(16)23(29)18-5-3-2-4-6-18/h2-12,14,16H,13,15H2,1H3,(H2,26,27,30)/t16-/m1/s1. The molecule has 6 heteroatoms. The molecular formula is C24H22FN3O2. The van der Waals surface area contributed by atoms with Crippen molar-refractivity contribution in [2.45, 2.75) is 25.9 Å². The molecule has 0 saturated heterocycles. The van der Waals surface area contributed by atoms with Crippen molar-refractivity contribution in [3.05, 3.63) is 95.3 Å². The van der Waals surface area contributed by atoms with Crippen LogP contribution in [-0.4, -0.2) is 18.0 Å². The van der Waals surface area contributed by atoms with Gasteiger partial charge < -0.3 is 15.5 Å². The van der Waals surface area contributed by atoms with Crippen LogP contribution in [0.4, 0.5) is 20.6 Å². The van der Waals surface area contributed by atoms with Crippen LogP contribution in [0.15, 0.2) is 72.8 Å². The first-order chi connectivity index (χ1) is 14.5. The van der Waals surface area contributed by atoms with E-state index in [2.05, 4.69) is 10.6 Å². The molecule has 0 fully saturated rings. The summed E-state index contributed by atoms with van der Waals surface area (Å²) in [5, 5.41) is 5.46. The summed E-state index contributed by atoms with van der Waals surface area (Å²) in [6, 6.07) is 20.4. The molecule has 0 saturated carbocycles. The number of halogens is 1. The summed E-state index contributed by atoms with van der Waals surface area (Å²) in [4.78, 5) is 27.0. The van der Waals surface area contributed by atoms with E-state index in [0.29, 0.717) is 17.8 Å². The minimum atomic E-state index is -0.382. The number of rotatable bonds is 4. The highest BCUT2D eigenvalue weighted by molar-refractivity contribution is 6.07. The zero-order chi connectivity index (χ0) is 21.1. The van der Waals surface area contributed by atoms with Gasteiger partial charge >= 0.3 is 6.03 Å². The highest BCUT2D eigenvalue weighted by Gasteiger charge is 2.31. The molecule has 3 aromatic rings. The summed E-state index contributed by atoms with van der Waals surface area (Å²) < 4.78 is 13.0. The van der Waals surface area contributed by atoms with Crippen molar-refractivity contribution in [3.63, 3.8) is 0 Å². The minimum Gasteiger partial charge on any atom is -0.334 e. The van der Waals surface area contributed by atoms with E-state index in [0.717, 1.165) is 23.2 Å². The molecule has 1 aliphatic rings. The zero-order valence-electron chi connectivity index (χ0n) is 16.6. The van der Waals surface area contributed by atoms with E-state index >= 15 is 0 Å². The van der Waals surface area contributed by atoms with Gasteiger partial charge in [0.2, 0.25) is 0 Å². The number of nitrogens with zero attached hydrogens (tertiary/aromatic N) is 1. The molecule has 4 rings (SSSR count). The van der Waals surface area contributed by atoms with Crippen LogP contribution in [0.5, 0.6) is 0 Å². The molecular weight excluding hydrogens is 381 g/mol. The van der Waals surface area contributed by atoms with Gasteiger partial charge in [0.25, 0.3) is 5.91 Å². The van der Waals surface area contributed by atoms with E-state index < -0.39 is 0 Å². The van der Waals surface area contributed by atoms with Crippen LogP contribution in [0.1, 0.15) is 28.4 Å². The van der Waals surface area contributed by atoms with Gasteiger partial charge in [0.05, 0.1) is 0 Å². The first-order valence-corrected chi connectivity index (χ1v) is 9.82. The summed E-state index contributed by atoms with van der Waals surface area (Å²) in [5.41, 5.74) is 4.06. The van der Waals surface area contributed by atoms with Crippen LogP contribution >= 0.6 is 0 Å². The molecule has 0 unspecified atom stereocenters. The Labute approximate surface area is 174 Å². The van der Waals surface area contributed by atoms with Gasteiger partial charge in [-0.3, -0.25) is 4.79 Å². The molecule has 1 aliphatic heterocycles. The maximum Gasteiger partial charge on any atom is 0.319 e. The van der Waals surface area contributed by atoms with Crippen molar-refractivity contribution in [1.29, 1.82) is 0 Å². The molecule has 0 aromatic heterocycles. The molecule has 0 radical (unpaired) electrons. The van der Waals surface area contributed by atoms with Crippen molar-refractivity contribution < 1.29 is 14.0 Å². The molecule has 0 bridgehead atoms. The monoisotopic (exact) mass is 403 g/mol. The highest BCUT2D eigenvalue weighted by Crippen LogP contribution is 2.34. The van der Waals surface area contributed by atoms with Gasteiger partial charge in [-0.2, -0.15) is 0 Å². The number of carbonyl (C=O) groups excluding carboxylic acids is 2. The fourth-order valence-electron chi connectivity index (χ4n) is 3.68. The molecule has 0 spiro atoms. The second-order valence-corrected chi connectivity index (χ2v) is 7.37. The molecule has 2 N–H and O–H groups in total. The molecule has 3 aromatic carbocycles. The number of fused-ring (bicyclic) bond motifs is 1. The Morgan fingerprint density at radius 1 is 1.03 bits per heavy atom. The van der Waals surface area contributed by atoms with Crippen LogP contribution in [0.3, 0.4) is 0 Å². The van der Waals surface area contributed by atoms with E-state index in [1.807, 2.05) is 60.4 Å². The van der Waals surface area contributed by atoms with Crippen molar-refractivity contribution in [2.24, 2.45) is 0 Å². The third-order valence-corrected chi connectivity index (χ3v) is 5.16. The van der Waals surface area contributed by atoms with Crippen molar-refractivity contribution in [2.75, 3.05) is 10.2 Å². The molecule has 1 atom stereocenters. The highest BCUT2D eigenvalue weighted by atomic mass is 19.1. The third kappa shape index (κ3) is 4.17. The number of anilines is 2. The largest absolute Gasteiger partial charge is 0.334 e. The van der Waals surface area contributed by atoms with Gasteiger partial charge in [-0.1, -0.05) is 30.3 Å². The number of carbonyl (C=O) groups is 2. The van der Waals surface area contributed by atoms with Crippen LogP contribution in [0, 0.1) is 5.82 Å². The van der Waals surface area contributed by atoms with Gasteiger partial charge in [0.1, 0.15) is 5.82 Å². The summed E-state index contributed by atoms with van der Waals surface area (Å²) in [6.07, 6.45) is 0.798. The zero-order valence-corrected chi connectivity index (χ0v) is 16.6. The number of amides is 3. The summed E-state index contributed by atoms with van der Waals surface area (Å²) in [5.74, 6) is -0.385. The van der Waals surface area contributed by atoms with E-state index in [1.165, 1.54) is 24.3 Å². The summed E-state index contributed by atoms with van der Waals surface area (Å²) in [7, 11) is 0. The van der Waals surface area contributed by atoms with E-state index in [1.54, 1.807) is 0 Å². The maximum atomic E-state index is 13.0. The van der Waals surface area contributed by atoms with Gasteiger partial charge in [0, 0.05) is 29.5 Å². The van der Waals surface area contributed by atoms with Crippen LogP contribution < -0.4 is 15.5 Å². The van der Waals surface area contributed by atoms with E-state index in [-0.39, 0.29) is 23.8 Å². The predicted octanol–water partition coefficient (Wildman–Crippen LogP) is 4.74. The molecule has 5 nitrogen and oxygen atoms in total. The lowest BCUT2D eigenvalue weighted by molar-refractivity contribution is 0.0981. The second-order valence-electron chi connectivity index (χ2n) is 7.37. The Bertz CT molecular complexity index is 1070. The number of benzene rings is 3. The first kappa shape index (κ1) is 19.6. The van der Waals surface area contributed by atoms with Crippen molar-refractivity contribution in [3.8, 4) is 0 Å². The lowest BCUT2D eigenvalue weighted by Crippen LogP contribution is -2.35. The molecule has 0 aliphatic carbocycles. The fourth-order valence-corrected chi connectivity index (χ4v) is 3.68. The number of urea groups is 1.